The normalized spacial score (nSPS) is 10.5. The van der Waals surface area contributed by atoms with Crippen molar-refractivity contribution in [3.8, 4) is 0 Å². The molecule has 0 amide bonds. The van der Waals surface area contributed by atoms with Crippen molar-refractivity contribution in [2.45, 2.75) is 24.8 Å². The standard InChI is InChI=1S/C7H10ClNOS/c1-3-11-7-5(2)9-6(4-8)10-7/h3-4H2,1-2H3. The first-order valence-electron chi connectivity index (χ1n) is 3.43. The van der Waals surface area contributed by atoms with Crippen LogP contribution in [0.2, 0.25) is 0 Å². The molecule has 0 radical (unpaired) electrons. The van der Waals surface area contributed by atoms with Crippen LogP contribution >= 0.6 is 23.4 Å². The first-order chi connectivity index (χ1) is 5.27. The van der Waals surface area contributed by atoms with Crippen LogP contribution in [0.3, 0.4) is 0 Å². The summed E-state index contributed by atoms with van der Waals surface area (Å²) in [5.41, 5.74) is 0.938. The highest BCUT2D eigenvalue weighted by Gasteiger charge is 2.07. The zero-order chi connectivity index (χ0) is 8.27. The number of aryl methyl sites for hydroxylation is 1. The topological polar surface area (TPSA) is 26.0 Å². The molecule has 0 aromatic carbocycles. The lowest BCUT2D eigenvalue weighted by Gasteiger charge is -1.89. The van der Waals surface area contributed by atoms with Gasteiger partial charge in [-0.15, -0.1) is 11.6 Å². The average molecular weight is 192 g/mol. The van der Waals surface area contributed by atoms with Crippen molar-refractivity contribution in [3.63, 3.8) is 0 Å². The molecular formula is C7H10ClNOS. The number of halogens is 1. The van der Waals surface area contributed by atoms with Crippen molar-refractivity contribution in [1.29, 1.82) is 0 Å². The van der Waals surface area contributed by atoms with Gasteiger partial charge in [-0.2, -0.15) is 0 Å². The molecule has 0 aliphatic rings. The van der Waals surface area contributed by atoms with Gasteiger partial charge >= 0.3 is 0 Å². The van der Waals surface area contributed by atoms with E-state index in [9.17, 15) is 0 Å². The lowest BCUT2D eigenvalue weighted by Crippen LogP contribution is -1.75. The van der Waals surface area contributed by atoms with Crippen molar-refractivity contribution in [3.05, 3.63) is 11.6 Å². The number of hydrogen-bond donors (Lipinski definition) is 0. The maximum Gasteiger partial charge on any atom is 0.210 e. The summed E-state index contributed by atoms with van der Waals surface area (Å²) < 4.78 is 5.32. The van der Waals surface area contributed by atoms with E-state index in [1.54, 1.807) is 11.8 Å². The fourth-order valence-corrected chi connectivity index (χ4v) is 1.54. The van der Waals surface area contributed by atoms with Gasteiger partial charge in [-0.3, -0.25) is 0 Å². The number of nitrogens with zero attached hydrogens (tertiary/aromatic N) is 1. The summed E-state index contributed by atoms with van der Waals surface area (Å²) in [6.07, 6.45) is 0. The minimum atomic E-state index is 0.352. The van der Waals surface area contributed by atoms with E-state index >= 15 is 0 Å². The Morgan fingerprint density at radius 1 is 1.64 bits per heavy atom. The van der Waals surface area contributed by atoms with Crippen LogP contribution in [0.25, 0.3) is 0 Å². The Morgan fingerprint density at radius 2 is 2.36 bits per heavy atom. The van der Waals surface area contributed by atoms with Gasteiger partial charge in [0.2, 0.25) is 5.89 Å². The minimum absolute atomic E-state index is 0.352. The second-order valence-corrected chi connectivity index (χ2v) is 3.55. The van der Waals surface area contributed by atoms with E-state index in [1.165, 1.54) is 0 Å². The second-order valence-electron chi connectivity index (χ2n) is 2.05. The number of thioether (sulfide) groups is 1. The molecule has 62 valence electrons. The monoisotopic (exact) mass is 191 g/mol. The Balaban J connectivity index is 2.79. The van der Waals surface area contributed by atoms with Gasteiger partial charge in [0.1, 0.15) is 0 Å². The molecule has 0 fully saturated rings. The molecule has 2 nitrogen and oxygen atoms in total. The minimum Gasteiger partial charge on any atom is -0.433 e. The molecule has 0 saturated heterocycles. The van der Waals surface area contributed by atoms with Gasteiger partial charge in [0.25, 0.3) is 0 Å². The molecule has 1 aromatic rings. The van der Waals surface area contributed by atoms with E-state index in [0.717, 1.165) is 16.5 Å². The van der Waals surface area contributed by atoms with E-state index in [0.29, 0.717) is 11.8 Å². The van der Waals surface area contributed by atoms with E-state index in [1.807, 2.05) is 6.92 Å². The van der Waals surface area contributed by atoms with Gasteiger partial charge in [-0.1, -0.05) is 18.7 Å². The first-order valence-corrected chi connectivity index (χ1v) is 4.95. The predicted molar refractivity (Wildman–Crippen MR) is 47.2 cm³/mol. The van der Waals surface area contributed by atoms with Gasteiger partial charge in [0.15, 0.2) is 5.09 Å². The molecule has 0 N–H and O–H groups in total. The molecule has 0 saturated carbocycles. The summed E-state index contributed by atoms with van der Waals surface area (Å²) in [5.74, 6) is 1.96. The summed E-state index contributed by atoms with van der Waals surface area (Å²) in [4.78, 5) is 4.13. The molecule has 0 aliphatic heterocycles. The Morgan fingerprint density at radius 3 is 2.82 bits per heavy atom. The fourth-order valence-electron chi connectivity index (χ4n) is 0.759. The zero-order valence-corrected chi connectivity index (χ0v) is 8.13. The highest BCUT2D eigenvalue weighted by molar-refractivity contribution is 7.99. The van der Waals surface area contributed by atoms with Crippen LogP contribution in [0, 0.1) is 6.92 Å². The Bertz CT molecular complexity index is 236. The number of rotatable bonds is 3. The van der Waals surface area contributed by atoms with Crippen molar-refractivity contribution >= 4 is 23.4 Å². The lowest BCUT2D eigenvalue weighted by molar-refractivity contribution is 0.436. The van der Waals surface area contributed by atoms with E-state index in [2.05, 4.69) is 11.9 Å². The molecule has 0 unspecified atom stereocenters. The maximum atomic E-state index is 5.55. The molecule has 11 heavy (non-hydrogen) atoms. The molecule has 0 atom stereocenters. The Kier molecular flexibility index (Phi) is 3.27. The zero-order valence-electron chi connectivity index (χ0n) is 6.56. The predicted octanol–water partition coefficient (Wildman–Crippen LogP) is 2.83. The third-order valence-electron chi connectivity index (χ3n) is 1.19. The number of oxazole rings is 1. The van der Waals surface area contributed by atoms with Crippen molar-refractivity contribution in [2.24, 2.45) is 0 Å². The second kappa shape index (κ2) is 4.02. The molecule has 0 spiro atoms. The first kappa shape index (κ1) is 8.94. The molecule has 4 heteroatoms. The van der Waals surface area contributed by atoms with Crippen LogP contribution in [0.1, 0.15) is 18.5 Å². The summed E-state index contributed by atoms with van der Waals surface area (Å²) in [5, 5.41) is 0.892. The van der Waals surface area contributed by atoms with Crippen LogP contribution in [-0.4, -0.2) is 10.7 Å². The molecule has 1 rings (SSSR count). The van der Waals surface area contributed by atoms with Crippen molar-refractivity contribution < 1.29 is 4.42 Å². The van der Waals surface area contributed by atoms with E-state index in [-0.39, 0.29) is 0 Å². The van der Waals surface area contributed by atoms with Gasteiger partial charge in [0.05, 0.1) is 11.6 Å². The van der Waals surface area contributed by atoms with E-state index in [4.69, 9.17) is 16.0 Å². The van der Waals surface area contributed by atoms with Gasteiger partial charge in [0, 0.05) is 0 Å². The van der Waals surface area contributed by atoms with Gasteiger partial charge in [-0.25, -0.2) is 4.98 Å². The lowest BCUT2D eigenvalue weighted by atomic mass is 10.6. The molecule has 1 heterocycles. The van der Waals surface area contributed by atoms with Gasteiger partial charge in [-0.05, 0) is 12.7 Å². The average Bonchev–Trinajstić information content (AvgIpc) is 2.33. The maximum absolute atomic E-state index is 5.55. The number of hydrogen-bond acceptors (Lipinski definition) is 3. The number of alkyl halides is 1. The summed E-state index contributed by atoms with van der Waals surface area (Å²) >= 11 is 7.20. The van der Waals surface area contributed by atoms with Crippen LogP contribution in [0.4, 0.5) is 0 Å². The Labute approximate surface area is 75.3 Å². The largest absolute Gasteiger partial charge is 0.433 e. The molecule has 1 aromatic heterocycles. The Hall–Kier alpha value is -0.150. The van der Waals surface area contributed by atoms with Crippen molar-refractivity contribution in [1.82, 2.24) is 4.98 Å². The highest BCUT2D eigenvalue weighted by atomic mass is 35.5. The smallest absolute Gasteiger partial charge is 0.210 e. The summed E-state index contributed by atoms with van der Waals surface area (Å²) in [6, 6.07) is 0. The molecule has 0 aliphatic carbocycles. The molecule has 0 bridgehead atoms. The fraction of sp³-hybridized carbons (Fsp3) is 0.571. The van der Waals surface area contributed by atoms with E-state index < -0.39 is 0 Å². The summed E-state index contributed by atoms with van der Waals surface area (Å²) in [7, 11) is 0. The van der Waals surface area contributed by atoms with Gasteiger partial charge < -0.3 is 4.42 Å². The number of aromatic nitrogens is 1. The quantitative estimate of drug-likeness (QED) is 0.543. The molecular weight excluding hydrogens is 182 g/mol. The third kappa shape index (κ3) is 2.14. The van der Waals surface area contributed by atoms with Crippen LogP contribution in [0.15, 0.2) is 9.51 Å². The highest BCUT2D eigenvalue weighted by Crippen LogP contribution is 2.23. The van der Waals surface area contributed by atoms with Crippen molar-refractivity contribution in [2.75, 3.05) is 5.75 Å². The van der Waals surface area contributed by atoms with Crippen LogP contribution in [-0.2, 0) is 5.88 Å². The SMILES string of the molecule is CCSc1oc(CCl)nc1C. The summed E-state index contributed by atoms with van der Waals surface area (Å²) in [6.45, 7) is 4.00. The van der Waals surface area contributed by atoms with Crippen LogP contribution < -0.4 is 0 Å². The van der Waals surface area contributed by atoms with Crippen LogP contribution in [0.5, 0.6) is 0 Å². The third-order valence-corrected chi connectivity index (χ3v) is 2.35.